The zero-order valence-corrected chi connectivity index (χ0v) is 25.1. The molecule has 0 bridgehead atoms. The largest absolute Gasteiger partial charge is 0.208 e. The van der Waals surface area contributed by atoms with E-state index in [0.717, 1.165) is 33.0 Å². The summed E-state index contributed by atoms with van der Waals surface area (Å²) in [7, 11) is 0. The molecule has 1 heterocycles. The van der Waals surface area contributed by atoms with Gasteiger partial charge in [-0.15, -0.1) is 0 Å². The Bertz CT molecular complexity index is 2200. The zero-order valence-electron chi connectivity index (χ0n) is 25.1. The van der Waals surface area contributed by atoms with Gasteiger partial charge in [-0.25, -0.2) is 15.0 Å². The normalized spacial score (nSPS) is 11.0. The number of aromatic nitrogens is 3. The maximum absolute atomic E-state index is 5.00. The molecule has 0 N–H and O–H groups in total. The highest BCUT2D eigenvalue weighted by atomic mass is 15.0. The highest BCUT2D eigenvalue weighted by Gasteiger charge is 2.16. The van der Waals surface area contributed by atoms with Gasteiger partial charge >= 0.3 is 0 Å². The smallest absolute Gasteiger partial charge is 0.164 e. The van der Waals surface area contributed by atoms with E-state index >= 15 is 0 Å². The summed E-state index contributed by atoms with van der Waals surface area (Å²) in [6, 6.07) is 61.2. The summed E-state index contributed by atoms with van der Waals surface area (Å²) >= 11 is 0. The summed E-state index contributed by atoms with van der Waals surface area (Å²) < 4.78 is 0. The summed E-state index contributed by atoms with van der Waals surface area (Å²) in [6.07, 6.45) is 0. The van der Waals surface area contributed by atoms with Crippen LogP contribution in [0.3, 0.4) is 0 Å². The van der Waals surface area contributed by atoms with E-state index in [1.165, 1.54) is 27.8 Å². The Hall–Kier alpha value is -6.19. The van der Waals surface area contributed by atoms with Crippen molar-refractivity contribution in [1.29, 1.82) is 0 Å². The van der Waals surface area contributed by atoms with Crippen LogP contribution in [0.25, 0.3) is 78.3 Å². The monoisotopic (exact) mass is 587 g/mol. The molecule has 0 aliphatic heterocycles. The van der Waals surface area contributed by atoms with E-state index in [-0.39, 0.29) is 0 Å². The van der Waals surface area contributed by atoms with Crippen molar-refractivity contribution < 1.29 is 0 Å². The molecule has 0 saturated carbocycles. The van der Waals surface area contributed by atoms with Crippen LogP contribution in [0.1, 0.15) is 0 Å². The second-order valence-electron chi connectivity index (χ2n) is 11.3. The third-order valence-electron chi connectivity index (χ3n) is 8.39. The minimum Gasteiger partial charge on any atom is -0.208 e. The van der Waals surface area contributed by atoms with Gasteiger partial charge in [0, 0.05) is 16.7 Å². The summed E-state index contributed by atoms with van der Waals surface area (Å²) in [5.41, 5.74) is 10.1. The van der Waals surface area contributed by atoms with E-state index in [2.05, 4.69) is 109 Å². The molecule has 0 spiro atoms. The SMILES string of the molecule is c1ccc(-c2ccc(-c3ccc(-c4ccc(-c5nc(-c6ccccc6)nc(-c6ccccc6)n5)c5ccccc45)cc3)cc2)cc1. The molecule has 0 saturated heterocycles. The van der Waals surface area contributed by atoms with Crippen molar-refractivity contribution in [3.05, 3.63) is 176 Å². The van der Waals surface area contributed by atoms with E-state index in [0.29, 0.717) is 17.5 Å². The van der Waals surface area contributed by atoms with Crippen LogP contribution in [-0.2, 0) is 0 Å². The van der Waals surface area contributed by atoms with Crippen LogP contribution in [0, 0.1) is 0 Å². The van der Waals surface area contributed by atoms with Gasteiger partial charge in [0.15, 0.2) is 17.5 Å². The molecule has 3 heteroatoms. The van der Waals surface area contributed by atoms with E-state index in [4.69, 9.17) is 15.0 Å². The predicted molar refractivity (Wildman–Crippen MR) is 190 cm³/mol. The first-order valence-electron chi connectivity index (χ1n) is 15.5. The van der Waals surface area contributed by atoms with Gasteiger partial charge in [0.1, 0.15) is 0 Å². The van der Waals surface area contributed by atoms with Crippen molar-refractivity contribution in [1.82, 2.24) is 15.0 Å². The van der Waals surface area contributed by atoms with Crippen molar-refractivity contribution in [3.63, 3.8) is 0 Å². The van der Waals surface area contributed by atoms with Crippen LogP contribution >= 0.6 is 0 Å². The molecule has 0 aliphatic rings. The third-order valence-corrected chi connectivity index (χ3v) is 8.39. The van der Waals surface area contributed by atoms with Gasteiger partial charge in [-0.3, -0.25) is 0 Å². The Kier molecular flexibility index (Phi) is 7.18. The number of benzene rings is 7. The van der Waals surface area contributed by atoms with Gasteiger partial charge in [-0.2, -0.15) is 0 Å². The van der Waals surface area contributed by atoms with Crippen molar-refractivity contribution in [2.45, 2.75) is 0 Å². The topological polar surface area (TPSA) is 38.7 Å². The number of rotatable bonds is 6. The van der Waals surface area contributed by atoms with E-state index in [1.54, 1.807) is 0 Å². The van der Waals surface area contributed by atoms with Crippen molar-refractivity contribution in [3.8, 4) is 67.5 Å². The van der Waals surface area contributed by atoms with Gasteiger partial charge in [0.05, 0.1) is 0 Å². The maximum atomic E-state index is 5.00. The molecule has 0 radical (unpaired) electrons. The minimum absolute atomic E-state index is 0.657. The number of nitrogens with zero attached hydrogens (tertiary/aromatic N) is 3. The van der Waals surface area contributed by atoms with E-state index in [9.17, 15) is 0 Å². The van der Waals surface area contributed by atoms with Crippen LogP contribution in [0.5, 0.6) is 0 Å². The molecule has 7 aromatic carbocycles. The Balaban J connectivity index is 1.18. The lowest BCUT2D eigenvalue weighted by Crippen LogP contribution is -2.00. The maximum Gasteiger partial charge on any atom is 0.164 e. The quantitative estimate of drug-likeness (QED) is 0.194. The lowest BCUT2D eigenvalue weighted by Gasteiger charge is -2.13. The number of hydrogen-bond donors (Lipinski definition) is 0. The van der Waals surface area contributed by atoms with Crippen LogP contribution in [0.2, 0.25) is 0 Å². The Morgan fingerprint density at radius 3 is 1.02 bits per heavy atom. The first kappa shape index (κ1) is 27.4. The fourth-order valence-corrected chi connectivity index (χ4v) is 6.00. The molecule has 1 aromatic heterocycles. The standard InChI is InChI=1S/C43H29N3/c1-4-12-30(13-5-1)31-20-22-32(23-21-31)33-24-26-34(27-25-33)37-28-29-40(39-19-11-10-18-38(37)39)43-45-41(35-14-6-2-7-15-35)44-42(46-43)36-16-8-3-9-17-36/h1-29H. The number of hydrogen-bond acceptors (Lipinski definition) is 3. The average Bonchev–Trinajstić information content (AvgIpc) is 3.15. The minimum atomic E-state index is 0.657. The molecule has 8 rings (SSSR count). The van der Waals surface area contributed by atoms with Crippen molar-refractivity contribution >= 4 is 10.8 Å². The lowest BCUT2D eigenvalue weighted by molar-refractivity contribution is 1.08. The fourth-order valence-electron chi connectivity index (χ4n) is 6.00. The molecule has 0 fully saturated rings. The van der Waals surface area contributed by atoms with Crippen LogP contribution < -0.4 is 0 Å². The second-order valence-corrected chi connectivity index (χ2v) is 11.3. The van der Waals surface area contributed by atoms with Crippen LogP contribution in [-0.4, -0.2) is 15.0 Å². The van der Waals surface area contributed by atoms with Gasteiger partial charge in [0.2, 0.25) is 0 Å². The third kappa shape index (κ3) is 5.36. The van der Waals surface area contributed by atoms with E-state index in [1.807, 2.05) is 66.7 Å². The summed E-state index contributed by atoms with van der Waals surface area (Å²) in [5.74, 6) is 1.97. The first-order valence-corrected chi connectivity index (χ1v) is 15.5. The Labute approximate surface area is 268 Å². The summed E-state index contributed by atoms with van der Waals surface area (Å²) in [4.78, 5) is 14.9. The molecular weight excluding hydrogens is 558 g/mol. The Morgan fingerprint density at radius 1 is 0.217 bits per heavy atom. The Morgan fingerprint density at radius 2 is 0.543 bits per heavy atom. The van der Waals surface area contributed by atoms with Gasteiger partial charge in [-0.1, -0.05) is 170 Å². The van der Waals surface area contributed by atoms with Crippen LogP contribution in [0.15, 0.2) is 176 Å². The molecule has 0 unspecified atom stereocenters. The number of fused-ring (bicyclic) bond motifs is 1. The molecule has 216 valence electrons. The molecule has 3 nitrogen and oxygen atoms in total. The molecule has 8 aromatic rings. The molecular formula is C43H29N3. The molecule has 0 aliphatic carbocycles. The van der Waals surface area contributed by atoms with Crippen molar-refractivity contribution in [2.75, 3.05) is 0 Å². The van der Waals surface area contributed by atoms with Gasteiger partial charge < -0.3 is 0 Å². The molecule has 0 amide bonds. The molecule has 0 atom stereocenters. The fraction of sp³-hybridized carbons (Fsp3) is 0. The predicted octanol–water partition coefficient (Wildman–Crippen LogP) is 11.0. The van der Waals surface area contributed by atoms with Gasteiger partial charge in [-0.05, 0) is 50.2 Å². The highest BCUT2D eigenvalue weighted by molar-refractivity contribution is 6.04. The highest BCUT2D eigenvalue weighted by Crippen LogP contribution is 2.36. The van der Waals surface area contributed by atoms with Crippen LogP contribution in [0.4, 0.5) is 0 Å². The summed E-state index contributed by atoms with van der Waals surface area (Å²) in [5, 5.41) is 2.26. The summed E-state index contributed by atoms with van der Waals surface area (Å²) in [6.45, 7) is 0. The molecule has 46 heavy (non-hydrogen) atoms. The van der Waals surface area contributed by atoms with Gasteiger partial charge in [0.25, 0.3) is 0 Å². The lowest BCUT2D eigenvalue weighted by atomic mass is 9.93. The van der Waals surface area contributed by atoms with E-state index < -0.39 is 0 Å². The zero-order chi connectivity index (χ0) is 30.7. The van der Waals surface area contributed by atoms with Crippen molar-refractivity contribution in [2.24, 2.45) is 0 Å². The average molecular weight is 588 g/mol. The second kappa shape index (κ2) is 12.1. The first-order chi connectivity index (χ1) is 22.8.